The molecular weight excluding hydrogens is 458 g/mol. The number of hydrogen-bond acceptors (Lipinski definition) is 4. The van der Waals surface area contributed by atoms with Gasteiger partial charge in [-0.3, -0.25) is 4.79 Å². The number of hydrogen-bond donors (Lipinski definition) is 1. The lowest BCUT2D eigenvalue weighted by Gasteiger charge is -2.19. The third-order valence-electron chi connectivity index (χ3n) is 5.87. The molecular formula is C29H27NO4S. The number of methoxy groups -OCH3 is 1. The number of anilines is 1. The molecule has 0 aliphatic carbocycles. The number of carbonyl (C=O) groups excluding carboxylic acids is 1. The zero-order chi connectivity index (χ0) is 24.8. The van der Waals surface area contributed by atoms with E-state index in [0.717, 1.165) is 16.7 Å². The Balaban J connectivity index is 1.66. The minimum atomic E-state index is -3.86. The van der Waals surface area contributed by atoms with E-state index in [1.807, 2.05) is 73.7 Å². The van der Waals surface area contributed by atoms with Crippen LogP contribution in [0.1, 0.15) is 22.8 Å². The molecule has 1 N–H and O–H groups in total. The Morgan fingerprint density at radius 3 is 2.11 bits per heavy atom. The van der Waals surface area contributed by atoms with Gasteiger partial charge in [0.05, 0.1) is 17.3 Å². The molecule has 0 spiro atoms. The highest BCUT2D eigenvalue weighted by Crippen LogP contribution is 2.34. The van der Waals surface area contributed by atoms with Crippen LogP contribution in [0.4, 0.5) is 5.69 Å². The van der Waals surface area contributed by atoms with Gasteiger partial charge in [0.25, 0.3) is 0 Å². The Morgan fingerprint density at radius 2 is 1.46 bits per heavy atom. The number of nitrogens with one attached hydrogen (secondary N) is 1. The van der Waals surface area contributed by atoms with Crippen molar-refractivity contribution in [3.05, 3.63) is 114 Å². The van der Waals surface area contributed by atoms with Crippen LogP contribution in [0.5, 0.6) is 5.75 Å². The number of ether oxygens (including phenoxy) is 1. The summed E-state index contributed by atoms with van der Waals surface area (Å²) in [6, 6.07) is 30.7. The number of benzene rings is 4. The van der Waals surface area contributed by atoms with Crippen LogP contribution >= 0.6 is 0 Å². The molecule has 1 atom stereocenters. The van der Waals surface area contributed by atoms with Gasteiger partial charge in [0.2, 0.25) is 5.91 Å². The summed E-state index contributed by atoms with van der Waals surface area (Å²) >= 11 is 0. The minimum absolute atomic E-state index is 0.140. The zero-order valence-corrected chi connectivity index (χ0v) is 20.5. The van der Waals surface area contributed by atoms with E-state index in [4.69, 9.17) is 4.74 Å². The molecule has 0 fully saturated rings. The summed E-state index contributed by atoms with van der Waals surface area (Å²) in [7, 11) is -2.33. The van der Waals surface area contributed by atoms with Crippen LogP contribution < -0.4 is 10.1 Å². The predicted octanol–water partition coefficient (Wildman–Crippen LogP) is 6.21. The first-order valence-corrected chi connectivity index (χ1v) is 12.8. The van der Waals surface area contributed by atoms with Crippen molar-refractivity contribution < 1.29 is 17.9 Å². The molecule has 0 heterocycles. The molecule has 0 bridgehead atoms. The molecule has 0 aliphatic rings. The molecule has 0 saturated heterocycles. The second-order valence-electron chi connectivity index (χ2n) is 8.28. The van der Waals surface area contributed by atoms with Crippen LogP contribution in [0.2, 0.25) is 0 Å². The van der Waals surface area contributed by atoms with Crippen LogP contribution in [0.3, 0.4) is 0 Å². The first kappa shape index (κ1) is 24.2. The third kappa shape index (κ3) is 5.61. The van der Waals surface area contributed by atoms with E-state index >= 15 is 0 Å². The van der Waals surface area contributed by atoms with Crippen LogP contribution in [-0.2, 0) is 14.6 Å². The lowest BCUT2D eigenvalue weighted by molar-refractivity contribution is -0.116. The van der Waals surface area contributed by atoms with E-state index in [9.17, 15) is 13.2 Å². The van der Waals surface area contributed by atoms with Crippen molar-refractivity contribution in [2.45, 2.75) is 23.5 Å². The summed E-state index contributed by atoms with van der Waals surface area (Å²) in [5.74, 6) is 0.183. The van der Waals surface area contributed by atoms with Gasteiger partial charge in [-0.05, 0) is 48.4 Å². The summed E-state index contributed by atoms with van der Waals surface area (Å²) in [4.78, 5) is 13.4. The maximum Gasteiger partial charge on any atom is 0.226 e. The highest BCUT2D eigenvalue weighted by atomic mass is 32.2. The number of carbonyl (C=O) groups is 1. The van der Waals surface area contributed by atoms with Crippen molar-refractivity contribution in [2.75, 3.05) is 12.4 Å². The van der Waals surface area contributed by atoms with Crippen molar-refractivity contribution in [3.63, 3.8) is 0 Å². The lowest BCUT2D eigenvalue weighted by atomic mass is 10.0. The molecule has 0 aliphatic heterocycles. The van der Waals surface area contributed by atoms with Gasteiger partial charge >= 0.3 is 0 Å². The first-order chi connectivity index (χ1) is 16.9. The SMILES string of the molecule is COc1ccc(S(=O)(=O)C(CC(=O)Nc2ccccc2-c2ccccc2)c2ccc(C)cc2)cc1. The van der Waals surface area contributed by atoms with Crippen LogP contribution in [0.25, 0.3) is 11.1 Å². The average Bonchev–Trinajstić information content (AvgIpc) is 2.89. The lowest BCUT2D eigenvalue weighted by Crippen LogP contribution is -2.22. The molecule has 1 amide bonds. The summed E-state index contributed by atoms with van der Waals surface area (Å²) in [6.07, 6.45) is -0.222. The van der Waals surface area contributed by atoms with Gasteiger partial charge in [0, 0.05) is 17.7 Å². The Bertz CT molecular complexity index is 1400. The van der Waals surface area contributed by atoms with Gasteiger partial charge < -0.3 is 10.1 Å². The minimum Gasteiger partial charge on any atom is -0.497 e. The molecule has 0 radical (unpaired) electrons. The van der Waals surface area contributed by atoms with Crippen molar-refractivity contribution in [3.8, 4) is 16.9 Å². The molecule has 1 unspecified atom stereocenters. The van der Waals surface area contributed by atoms with Gasteiger partial charge in [-0.2, -0.15) is 0 Å². The predicted molar refractivity (Wildman–Crippen MR) is 139 cm³/mol. The molecule has 0 saturated carbocycles. The third-order valence-corrected chi connectivity index (χ3v) is 7.99. The van der Waals surface area contributed by atoms with Crippen LogP contribution in [-0.4, -0.2) is 21.4 Å². The van der Waals surface area contributed by atoms with E-state index in [2.05, 4.69) is 5.32 Å². The maximum absolute atomic E-state index is 13.7. The Morgan fingerprint density at radius 1 is 0.829 bits per heavy atom. The summed E-state index contributed by atoms with van der Waals surface area (Å²) in [5.41, 5.74) is 4.04. The maximum atomic E-state index is 13.7. The highest BCUT2D eigenvalue weighted by molar-refractivity contribution is 7.91. The Kier molecular flexibility index (Phi) is 7.32. The molecule has 35 heavy (non-hydrogen) atoms. The molecule has 4 rings (SSSR count). The molecule has 0 aromatic heterocycles. The Labute approximate surface area is 206 Å². The fourth-order valence-corrected chi connectivity index (χ4v) is 5.68. The van der Waals surface area contributed by atoms with Crippen LogP contribution in [0, 0.1) is 6.92 Å². The van der Waals surface area contributed by atoms with E-state index in [-0.39, 0.29) is 17.2 Å². The van der Waals surface area contributed by atoms with E-state index < -0.39 is 15.1 Å². The van der Waals surface area contributed by atoms with Crippen molar-refractivity contribution in [1.29, 1.82) is 0 Å². The number of rotatable bonds is 8. The number of sulfone groups is 1. The number of aryl methyl sites for hydroxylation is 1. The first-order valence-electron chi connectivity index (χ1n) is 11.3. The van der Waals surface area contributed by atoms with E-state index in [0.29, 0.717) is 17.0 Å². The quantitative estimate of drug-likeness (QED) is 0.322. The Hall–Kier alpha value is -3.90. The molecule has 5 nitrogen and oxygen atoms in total. The van der Waals surface area contributed by atoms with Gasteiger partial charge in [-0.25, -0.2) is 8.42 Å². The van der Waals surface area contributed by atoms with E-state index in [1.54, 1.807) is 24.3 Å². The molecule has 4 aromatic carbocycles. The van der Waals surface area contributed by atoms with Crippen LogP contribution in [0.15, 0.2) is 108 Å². The number of para-hydroxylation sites is 1. The van der Waals surface area contributed by atoms with Crippen molar-refractivity contribution >= 4 is 21.4 Å². The fourth-order valence-electron chi connectivity index (χ4n) is 3.95. The molecule has 6 heteroatoms. The molecule has 4 aromatic rings. The second-order valence-corrected chi connectivity index (χ2v) is 10.4. The van der Waals surface area contributed by atoms with E-state index in [1.165, 1.54) is 19.2 Å². The largest absolute Gasteiger partial charge is 0.497 e. The summed E-state index contributed by atoms with van der Waals surface area (Å²) in [6.45, 7) is 1.93. The molecule has 178 valence electrons. The number of amides is 1. The smallest absolute Gasteiger partial charge is 0.226 e. The summed E-state index contributed by atoms with van der Waals surface area (Å²) < 4.78 is 32.5. The van der Waals surface area contributed by atoms with Gasteiger partial charge in [-0.1, -0.05) is 78.4 Å². The normalized spacial score (nSPS) is 12.1. The van der Waals surface area contributed by atoms with Gasteiger partial charge in [0.15, 0.2) is 9.84 Å². The zero-order valence-electron chi connectivity index (χ0n) is 19.6. The fraction of sp³-hybridized carbons (Fsp3) is 0.138. The van der Waals surface area contributed by atoms with Crippen molar-refractivity contribution in [2.24, 2.45) is 0 Å². The monoisotopic (exact) mass is 485 g/mol. The average molecular weight is 486 g/mol. The highest BCUT2D eigenvalue weighted by Gasteiger charge is 2.31. The second kappa shape index (κ2) is 10.6. The standard InChI is InChI=1S/C29H27NO4S/c1-21-12-14-23(15-13-21)28(35(32,33)25-18-16-24(34-2)17-19-25)20-29(31)30-27-11-7-6-10-26(27)22-8-4-3-5-9-22/h3-19,28H,20H2,1-2H3,(H,30,31). The van der Waals surface area contributed by atoms with Gasteiger partial charge in [0.1, 0.15) is 5.75 Å². The summed E-state index contributed by atoms with van der Waals surface area (Å²) in [5, 5.41) is 1.90. The topological polar surface area (TPSA) is 72.5 Å². The van der Waals surface area contributed by atoms with Gasteiger partial charge in [-0.15, -0.1) is 0 Å². The van der Waals surface area contributed by atoms with Crippen molar-refractivity contribution in [1.82, 2.24) is 0 Å².